The number of nitrogens with one attached hydrogen (secondary N) is 1. The van der Waals surface area contributed by atoms with Gasteiger partial charge in [0.25, 0.3) is 0 Å². The molecule has 0 aromatic heterocycles. The van der Waals surface area contributed by atoms with Crippen LogP contribution in [0.3, 0.4) is 0 Å². The molecule has 2 aromatic rings. The van der Waals surface area contributed by atoms with E-state index < -0.39 is 15.9 Å². The van der Waals surface area contributed by atoms with E-state index >= 15 is 0 Å². The lowest BCUT2D eigenvalue weighted by Gasteiger charge is -2.24. The van der Waals surface area contributed by atoms with Crippen LogP contribution in [0.5, 0.6) is 5.75 Å². The quantitative estimate of drug-likeness (QED) is 0.833. The summed E-state index contributed by atoms with van der Waals surface area (Å²) in [5.74, 6) is 0.195. The maximum atomic E-state index is 12.3. The third-order valence-electron chi connectivity index (χ3n) is 3.57. The highest BCUT2D eigenvalue weighted by Gasteiger charge is 2.23. The van der Waals surface area contributed by atoms with E-state index in [0.717, 1.165) is 10.6 Å². The molecule has 0 bridgehead atoms. The second kappa shape index (κ2) is 7.76. The zero-order valence-corrected chi connectivity index (χ0v) is 15.7. The minimum absolute atomic E-state index is 0.355. The Labute approximate surface area is 152 Å². The van der Waals surface area contributed by atoms with Crippen molar-refractivity contribution in [2.24, 2.45) is 0 Å². The van der Waals surface area contributed by atoms with Crippen LogP contribution in [0.1, 0.15) is 5.56 Å². The van der Waals surface area contributed by atoms with E-state index in [-0.39, 0.29) is 6.54 Å². The highest BCUT2D eigenvalue weighted by Crippen LogP contribution is 2.28. The second-order valence-electron chi connectivity index (χ2n) is 5.43. The molecular weight excluding hydrogens is 364 g/mol. The number of carbonyl (C=O) groups is 1. The predicted octanol–water partition coefficient (Wildman–Crippen LogP) is 3.06. The third kappa shape index (κ3) is 4.87. The SMILES string of the molecule is COc1ccc(NC(=O)CN(c2cccc(Cl)c2C)S(C)(=O)=O)cc1. The van der Waals surface area contributed by atoms with Crippen molar-refractivity contribution >= 4 is 38.9 Å². The largest absolute Gasteiger partial charge is 0.497 e. The number of benzene rings is 2. The Balaban J connectivity index is 2.22. The summed E-state index contributed by atoms with van der Waals surface area (Å²) < 4.78 is 30.4. The lowest BCUT2D eigenvalue weighted by Crippen LogP contribution is -2.37. The maximum Gasteiger partial charge on any atom is 0.245 e. The standard InChI is InChI=1S/C17H19ClN2O4S/c1-12-15(18)5-4-6-16(12)20(25(3,22)23)11-17(21)19-13-7-9-14(24-2)10-8-13/h4-10H,11H2,1-3H3,(H,19,21). The van der Waals surface area contributed by atoms with Crippen LogP contribution in [0.2, 0.25) is 5.02 Å². The van der Waals surface area contributed by atoms with Crippen LogP contribution < -0.4 is 14.4 Å². The van der Waals surface area contributed by atoms with E-state index in [1.807, 2.05) is 0 Å². The van der Waals surface area contributed by atoms with Crippen LogP contribution in [-0.4, -0.2) is 34.2 Å². The normalized spacial score (nSPS) is 11.0. The molecule has 1 N–H and O–H groups in total. The van der Waals surface area contributed by atoms with E-state index in [4.69, 9.17) is 16.3 Å². The molecule has 8 heteroatoms. The van der Waals surface area contributed by atoms with E-state index in [0.29, 0.717) is 27.7 Å². The molecule has 0 atom stereocenters. The summed E-state index contributed by atoms with van der Waals surface area (Å²) in [6.07, 6.45) is 1.05. The van der Waals surface area contributed by atoms with Gasteiger partial charge < -0.3 is 10.1 Å². The van der Waals surface area contributed by atoms with Gasteiger partial charge in [-0.2, -0.15) is 0 Å². The first kappa shape index (κ1) is 19.1. The topological polar surface area (TPSA) is 75.7 Å². The van der Waals surface area contributed by atoms with E-state index in [2.05, 4.69) is 5.32 Å². The second-order valence-corrected chi connectivity index (χ2v) is 7.74. The minimum Gasteiger partial charge on any atom is -0.497 e. The zero-order valence-electron chi connectivity index (χ0n) is 14.1. The molecule has 0 fully saturated rings. The minimum atomic E-state index is -3.66. The van der Waals surface area contributed by atoms with Crippen molar-refractivity contribution in [2.45, 2.75) is 6.92 Å². The lowest BCUT2D eigenvalue weighted by molar-refractivity contribution is -0.114. The Hall–Kier alpha value is -2.25. The average molecular weight is 383 g/mol. The summed E-state index contributed by atoms with van der Waals surface area (Å²) in [6, 6.07) is 11.7. The van der Waals surface area contributed by atoms with Gasteiger partial charge in [-0.05, 0) is 48.9 Å². The van der Waals surface area contributed by atoms with Crippen molar-refractivity contribution in [2.75, 3.05) is 29.5 Å². The summed E-state index contributed by atoms with van der Waals surface area (Å²) in [5.41, 5.74) is 1.51. The van der Waals surface area contributed by atoms with Crippen molar-refractivity contribution in [3.63, 3.8) is 0 Å². The number of methoxy groups -OCH3 is 1. The van der Waals surface area contributed by atoms with Crippen LogP contribution >= 0.6 is 11.6 Å². The van der Waals surface area contributed by atoms with Crippen LogP contribution in [0.15, 0.2) is 42.5 Å². The van der Waals surface area contributed by atoms with Gasteiger partial charge >= 0.3 is 0 Å². The first-order valence-corrected chi connectivity index (χ1v) is 9.61. The number of hydrogen-bond donors (Lipinski definition) is 1. The fourth-order valence-corrected chi connectivity index (χ4v) is 3.33. The van der Waals surface area contributed by atoms with Gasteiger partial charge in [-0.25, -0.2) is 8.42 Å². The summed E-state index contributed by atoms with van der Waals surface area (Å²) >= 11 is 6.07. The maximum absolute atomic E-state index is 12.3. The Morgan fingerprint density at radius 1 is 1.20 bits per heavy atom. The van der Waals surface area contributed by atoms with E-state index in [1.165, 1.54) is 0 Å². The van der Waals surface area contributed by atoms with Crippen molar-refractivity contribution in [1.29, 1.82) is 0 Å². The molecule has 0 aliphatic rings. The highest BCUT2D eigenvalue weighted by molar-refractivity contribution is 7.92. The molecule has 0 radical (unpaired) electrons. The first-order chi connectivity index (χ1) is 11.7. The molecule has 0 saturated carbocycles. The van der Waals surface area contributed by atoms with Gasteiger partial charge in [0.1, 0.15) is 12.3 Å². The van der Waals surface area contributed by atoms with Crippen LogP contribution in [0.25, 0.3) is 0 Å². The molecule has 0 aliphatic carbocycles. The number of hydrogen-bond acceptors (Lipinski definition) is 4. The Kier molecular flexibility index (Phi) is 5.92. The molecule has 6 nitrogen and oxygen atoms in total. The summed E-state index contributed by atoms with van der Waals surface area (Å²) in [7, 11) is -2.11. The van der Waals surface area contributed by atoms with Gasteiger partial charge in [0.2, 0.25) is 15.9 Å². The Bertz CT molecular complexity index is 867. The summed E-state index contributed by atoms with van der Waals surface area (Å²) in [4.78, 5) is 12.3. The number of carbonyl (C=O) groups excluding carboxylic acids is 1. The van der Waals surface area contributed by atoms with Gasteiger partial charge in [0, 0.05) is 10.7 Å². The zero-order chi connectivity index (χ0) is 18.6. The molecule has 0 heterocycles. The van der Waals surface area contributed by atoms with Crippen molar-refractivity contribution in [3.05, 3.63) is 53.1 Å². The number of halogens is 1. The van der Waals surface area contributed by atoms with Crippen LogP contribution in [0, 0.1) is 6.92 Å². The molecule has 0 aliphatic heterocycles. The van der Waals surface area contributed by atoms with Crippen molar-refractivity contribution in [3.8, 4) is 5.75 Å². The molecule has 0 spiro atoms. The van der Waals surface area contributed by atoms with E-state index in [9.17, 15) is 13.2 Å². The highest BCUT2D eigenvalue weighted by atomic mass is 35.5. The number of nitrogens with zero attached hydrogens (tertiary/aromatic N) is 1. The fourth-order valence-electron chi connectivity index (χ4n) is 2.25. The van der Waals surface area contributed by atoms with Crippen molar-refractivity contribution in [1.82, 2.24) is 0 Å². The molecule has 134 valence electrons. The van der Waals surface area contributed by atoms with E-state index in [1.54, 1.807) is 56.5 Å². The molecular formula is C17H19ClN2O4S. The Morgan fingerprint density at radius 2 is 1.84 bits per heavy atom. The molecule has 25 heavy (non-hydrogen) atoms. The lowest BCUT2D eigenvalue weighted by atomic mass is 10.2. The van der Waals surface area contributed by atoms with Gasteiger partial charge in [0.05, 0.1) is 19.1 Å². The van der Waals surface area contributed by atoms with Gasteiger partial charge in [-0.3, -0.25) is 9.10 Å². The number of anilines is 2. The van der Waals surface area contributed by atoms with Crippen molar-refractivity contribution < 1.29 is 17.9 Å². The predicted molar refractivity (Wildman–Crippen MR) is 100 cm³/mol. The molecule has 1 amide bonds. The molecule has 0 saturated heterocycles. The monoisotopic (exact) mass is 382 g/mol. The first-order valence-electron chi connectivity index (χ1n) is 7.39. The number of rotatable bonds is 6. The smallest absolute Gasteiger partial charge is 0.245 e. The summed E-state index contributed by atoms with van der Waals surface area (Å²) in [5, 5.41) is 3.10. The van der Waals surface area contributed by atoms with Crippen LogP contribution in [0.4, 0.5) is 11.4 Å². The third-order valence-corrected chi connectivity index (χ3v) is 5.11. The van der Waals surface area contributed by atoms with Crippen LogP contribution in [-0.2, 0) is 14.8 Å². The number of ether oxygens (including phenoxy) is 1. The van der Waals surface area contributed by atoms with Gasteiger partial charge in [-0.15, -0.1) is 0 Å². The van der Waals surface area contributed by atoms with Gasteiger partial charge in [0.15, 0.2) is 0 Å². The van der Waals surface area contributed by atoms with Gasteiger partial charge in [-0.1, -0.05) is 17.7 Å². The fraction of sp³-hybridized carbons (Fsp3) is 0.235. The molecule has 2 rings (SSSR count). The molecule has 0 unspecified atom stereocenters. The summed E-state index contributed by atoms with van der Waals surface area (Å²) in [6.45, 7) is 1.35. The number of amides is 1. The number of sulfonamides is 1. The molecule has 2 aromatic carbocycles. The Morgan fingerprint density at radius 3 is 2.40 bits per heavy atom. The average Bonchev–Trinajstić information content (AvgIpc) is 2.55.